The number of esters is 1. The number of fused-ring (bicyclic) bond motifs is 3. The highest BCUT2D eigenvalue weighted by Gasteiger charge is 2.49. The second kappa shape index (κ2) is 6.89. The summed E-state index contributed by atoms with van der Waals surface area (Å²) in [4.78, 5) is 15.0. The summed E-state index contributed by atoms with van der Waals surface area (Å²) < 4.78 is 6.15. The first-order valence-electron chi connectivity index (χ1n) is 9.08. The number of hydrogen-bond donors (Lipinski definition) is 1. The lowest BCUT2D eigenvalue weighted by atomic mass is 9.78. The summed E-state index contributed by atoms with van der Waals surface area (Å²) in [6.07, 6.45) is 3.30. The number of nitrogens with zero attached hydrogens (tertiary/aromatic N) is 1. The van der Waals surface area contributed by atoms with Crippen molar-refractivity contribution in [3.8, 4) is 0 Å². The number of carbonyl (C=O) groups excluding carboxylic acids is 1. The van der Waals surface area contributed by atoms with Gasteiger partial charge >= 0.3 is 5.97 Å². The Morgan fingerprint density at radius 1 is 1.04 bits per heavy atom. The van der Waals surface area contributed by atoms with Gasteiger partial charge in [0, 0.05) is 30.8 Å². The molecule has 130 valence electrons. The maximum absolute atomic E-state index is 12.6. The highest BCUT2D eigenvalue weighted by atomic mass is 16.6. The van der Waals surface area contributed by atoms with E-state index in [0.717, 1.165) is 30.8 Å². The zero-order valence-electron chi connectivity index (χ0n) is 14.4. The van der Waals surface area contributed by atoms with Crippen molar-refractivity contribution in [3.05, 3.63) is 66.2 Å². The normalized spacial score (nSPS) is 27.7. The van der Waals surface area contributed by atoms with E-state index in [0.29, 0.717) is 5.92 Å². The molecular weight excluding hydrogens is 312 g/mol. The number of piperidine rings is 3. The topological polar surface area (TPSA) is 41.6 Å². The van der Waals surface area contributed by atoms with Crippen LogP contribution in [0.15, 0.2) is 60.7 Å². The molecule has 0 amide bonds. The Balaban J connectivity index is 1.52. The Morgan fingerprint density at radius 2 is 1.68 bits per heavy atom. The third kappa shape index (κ3) is 3.27. The molecule has 1 atom stereocenters. The Morgan fingerprint density at radius 3 is 2.28 bits per heavy atom. The van der Waals surface area contributed by atoms with Gasteiger partial charge in [-0.15, -0.1) is 0 Å². The summed E-state index contributed by atoms with van der Waals surface area (Å²) in [7, 11) is 0. The average molecular weight is 336 g/mol. The van der Waals surface area contributed by atoms with E-state index in [4.69, 9.17) is 4.74 Å². The second-order valence-corrected chi connectivity index (χ2v) is 6.98. The molecule has 1 N–H and O–H groups in total. The first-order valence-corrected chi connectivity index (χ1v) is 9.08. The number of ether oxygens (including phenoxy) is 1. The maximum atomic E-state index is 12.6. The maximum Gasteiger partial charge on any atom is 0.327 e. The van der Waals surface area contributed by atoms with E-state index in [1.807, 2.05) is 48.5 Å². The van der Waals surface area contributed by atoms with Gasteiger partial charge in [0.15, 0.2) is 5.72 Å². The summed E-state index contributed by atoms with van der Waals surface area (Å²) in [6, 6.07) is 20.0. The number of benzene rings is 2. The van der Waals surface area contributed by atoms with Crippen molar-refractivity contribution in [2.75, 3.05) is 25.0 Å². The van der Waals surface area contributed by atoms with Gasteiger partial charge in [0.25, 0.3) is 0 Å². The van der Waals surface area contributed by atoms with Gasteiger partial charge < -0.3 is 10.1 Å². The molecule has 4 nitrogen and oxygen atoms in total. The van der Waals surface area contributed by atoms with Crippen LogP contribution < -0.4 is 5.32 Å². The molecule has 0 saturated carbocycles. The predicted octanol–water partition coefficient (Wildman–Crippen LogP) is 3.61. The van der Waals surface area contributed by atoms with E-state index in [-0.39, 0.29) is 12.5 Å². The molecule has 2 bridgehead atoms. The third-order valence-electron chi connectivity index (χ3n) is 5.41. The van der Waals surface area contributed by atoms with E-state index in [2.05, 4.69) is 22.3 Å². The van der Waals surface area contributed by atoms with Crippen LogP contribution in [0.2, 0.25) is 0 Å². The Labute approximate surface area is 148 Å². The molecule has 3 aliphatic heterocycles. The van der Waals surface area contributed by atoms with E-state index < -0.39 is 5.72 Å². The average Bonchev–Trinajstić information content (AvgIpc) is 2.69. The zero-order valence-corrected chi connectivity index (χ0v) is 14.4. The molecule has 3 saturated heterocycles. The van der Waals surface area contributed by atoms with Gasteiger partial charge in [0.1, 0.15) is 6.54 Å². The quantitative estimate of drug-likeness (QED) is 0.847. The summed E-state index contributed by atoms with van der Waals surface area (Å²) in [5.74, 6) is 0.431. The molecule has 5 rings (SSSR count). The molecule has 3 aliphatic rings. The monoisotopic (exact) mass is 336 g/mol. The van der Waals surface area contributed by atoms with E-state index in [1.165, 1.54) is 12.8 Å². The fraction of sp³-hybridized carbons (Fsp3) is 0.381. The minimum Gasteiger partial charge on any atom is -0.438 e. The van der Waals surface area contributed by atoms with Crippen LogP contribution in [0.5, 0.6) is 0 Å². The molecule has 0 aromatic heterocycles. The molecule has 4 heteroatoms. The van der Waals surface area contributed by atoms with E-state index >= 15 is 0 Å². The number of rotatable bonds is 5. The molecule has 2 aromatic rings. The third-order valence-corrected chi connectivity index (χ3v) is 5.41. The van der Waals surface area contributed by atoms with Crippen molar-refractivity contribution < 1.29 is 9.53 Å². The minimum atomic E-state index is -0.599. The van der Waals surface area contributed by atoms with Gasteiger partial charge in [0.2, 0.25) is 0 Å². The number of nitrogens with one attached hydrogen (secondary N) is 1. The fourth-order valence-corrected chi connectivity index (χ4v) is 4.14. The fourth-order valence-electron chi connectivity index (χ4n) is 4.14. The summed E-state index contributed by atoms with van der Waals surface area (Å²) in [6.45, 7) is 2.18. The molecule has 0 aliphatic carbocycles. The lowest BCUT2D eigenvalue weighted by molar-refractivity contribution is -0.216. The first-order chi connectivity index (χ1) is 12.3. The number of hydrogen-bond acceptors (Lipinski definition) is 4. The van der Waals surface area contributed by atoms with Gasteiger partial charge in [-0.05, 0) is 30.9 Å². The van der Waals surface area contributed by atoms with Crippen molar-refractivity contribution in [2.45, 2.75) is 25.0 Å². The van der Waals surface area contributed by atoms with Crippen LogP contribution in [0.4, 0.5) is 5.69 Å². The van der Waals surface area contributed by atoms with Crippen molar-refractivity contribution in [1.29, 1.82) is 0 Å². The van der Waals surface area contributed by atoms with E-state index in [9.17, 15) is 4.79 Å². The molecule has 25 heavy (non-hydrogen) atoms. The summed E-state index contributed by atoms with van der Waals surface area (Å²) in [5, 5.41) is 3.15. The summed E-state index contributed by atoms with van der Waals surface area (Å²) in [5.41, 5.74) is 1.42. The molecule has 3 heterocycles. The predicted molar refractivity (Wildman–Crippen MR) is 98.1 cm³/mol. The largest absolute Gasteiger partial charge is 0.438 e. The van der Waals surface area contributed by atoms with Crippen LogP contribution in [0.3, 0.4) is 0 Å². The number of carbonyl (C=O) groups is 1. The van der Waals surface area contributed by atoms with Crippen molar-refractivity contribution >= 4 is 11.7 Å². The smallest absolute Gasteiger partial charge is 0.327 e. The highest BCUT2D eigenvalue weighted by Crippen LogP contribution is 2.46. The SMILES string of the molecule is O=C(CNc1ccccc1)OC1(c2ccccc2)CC2CCN1CC2. The molecule has 2 aromatic carbocycles. The first kappa shape index (κ1) is 16.2. The van der Waals surface area contributed by atoms with Gasteiger partial charge in [-0.1, -0.05) is 48.5 Å². The minimum absolute atomic E-state index is 0.178. The second-order valence-electron chi connectivity index (χ2n) is 6.98. The summed E-state index contributed by atoms with van der Waals surface area (Å²) >= 11 is 0. The Bertz CT molecular complexity index is 711. The Kier molecular flexibility index (Phi) is 4.45. The van der Waals surface area contributed by atoms with Crippen molar-refractivity contribution in [2.24, 2.45) is 5.92 Å². The highest BCUT2D eigenvalue weighted by molar-refractivity contribution is 5.75. The van der Waals surface area contributed by atoms with Crippen LogP contribution in [0, 0.1) is 5.92 Å². The number of para-hydroxylation sites is 1. The van der Waals surface area contributed by atoms with Crippen molar-refractivity contribution in [1.82, 2.24) is 4.90 Å². The van der Waals surface area contributed by atoms with Crippen LogP contribution >= 0.6 is 0 Å². The van der Waals surface area contributed by atoms with Gasteiger partial charge in [-0.2, -0.15) is 0 Å². The van der Waals surface area contributed by atoms with Crippen LogP contribution in [0.25, 0.3) is 0 Å². The van der Waals surface area contributed by atoms with Crippen LogP contribution in [-0.4, -0.2) is 30.5 Å². The molecule has 1 unspecified atom stereocenters. The van der Waals surface area contributed by atoms with E-state index in [1.54, 1.807) is 0 Å². The molecule has 0 spiro atoms. The number of anilines is 1. The Hall–Kier alpha value is -2.33. The van der Waals surface area contributed by atoms with Crippen LogP contribution in [-0.2, 0) is 15.3 Å². The van der Waals surface area contributed by atoms with Gasteiger partial charge in [-0.25, -0.2) is 0 Å². The lowest BCUT2D eigenvalue weighted by Gasteiger charge is -2.53. The lowest BCUT2D eigenvalue weighted by Crippen LogP contribution is -2.58. The zero-order chi connectivity index (χ0) is 17.1. The van der Waals surface area contributed by atoms with Crippen LogP contribution in [0.1, 0.15) is 24.8 Å². The molecule has 3 fully saturated rings. The molecule has 0 radical (unpaired) electrons. The van der Waals surface area contributed by atoms with Gasteiger partial charge in [0.05, 0.1) is 0 Å². The molecular formula is C21H24N2O2. The van der Waals surface area contributed by atoms with Gasteiger partial charge in [-0.3, -0.25) is 9.69 Å². The van der Waals surface area contributed by atoms with Crippen molar-refractivity contribution in [3.63, 3.8) is 0 Å². The standard InChI is InChI=1S/C21H24N2O2/c24-20(16-22-19-9-5-2-6-10-19)25-21(18-7-3-1-4-8-18)15-17-11-13-23(21)14-12-17/h1-10,17,22H,11-16H2.